The molecular weight excluding hydrogens is 491 g/mol. The molecule has 0 atom stereocenters. The van der Waals surface area contributed by atoms with Crippen LogP contribution in [0.3, 0.4) is 0 Å². The van der Waals surface area contributed by atoms with Crippen LogP contribution >= 0.6 is 35.3 Å². The van der Waals surface area contributed by atoms with Gasteiger partial charge in [-0.1, -0.05) is 50.4 Å². The number of nitrogens with one attached hydrogen (secondary N) is 1. The molecule has 11 heteroatoms. The maximum absolute atomic E-state index is 12.0. The van der Waals surface area contributed by atoms with Crippen LogP contribution in [-0.2, 0) is 6.18 Å². The van der Waals surface area contributed by atoms with E-state index >= 15 is 0 Å². The Bertz CT molecular complexity index is 959. The fourth-order valence-electron chi connectivity index (χ4n) is 3.01. The fourth-order valence-corrected chi connectivity index (χ4v) is 4.35. The Morgan fingerprint density at radius 1 is 1.21 bits per heavy atom. The number of benzene rings is 1. The summed E-state index contributed by atoms with van der Waals surface area (Å²) >= 11 is 7.95. The van der Waals surface area contributed by atoms with Crippen molar-refractivity contribution in [2.24, 2.45) is 16.0 Å². The number of hydrogen-bond donors (Lipinski definition) is 3. The van der Waals surface area contributed by atoms with E-state index in [4.69, 9.17) is 28.5 Å². The van der Waals surface area contributed by atoms with E-state index in [-0.39, 0.29) is 16.8 Å². The zero-order valence-corrected chi connectivity index (χ0v) is 20.7. The van der Waals surface area contributed by atoms with Crippen LogP contribution in [0.2, 0.25) is 5.02 Å². The summed E-state index contributed by atoms with van der Waals surface area (Å²) in [7, 11) is 0. The van der Waals surface area contributed by atoms with Crippen LogP contribution < -0.4 is 11.5 Å². The van der Waals surface area contributed by atoms with Crippen molar-refractivity contribution in [1.29, 1.82) is 5.41 Å². The summed E-state index contributed by atoms with van der Waals surface area (Å²) in [6.45, 7) is 3.97. The van der Waals surface area contributed by atoms with Crippen LogP contribution in [0.5, 0.6) is 0 Å². The van der Waals surface area contributed by atoms with Gasteiger partial charge in [0, 0.05) is 29.0 Å². The zero-order valence-electron chi connectivity index (χ0n) is 18.3. The fraction of sp³-hybridized carbons (Fsp3) is 0.409. The number of aromatic nitrogens is 1. The summed E-state index contributed by atoms with van der Waals surface area (Å²) in [5.41, 5.74) is 11.5. The van der Waals surface area contributed by atoms with E-state index in [1.165, 1.54) is 55.0 Å². The second-order valence-corrected chi connectivity index (χ2v) is 10.1. The zero-order chi connectivity index (χ0) is 24.6. The Balaban J connectivity index is 0.000000273. The van der Waals surface area contributed by atoms with Crippen molar-refractivity contribution in [1.82, 2.24) is 4.98 Å². The summed E-state index contributed by atoms with van der Waals surface area (Å²) in [5.74, 6) is 0.837. The second-order valence-electron chi connectivity index (χ2n) is 7.78. The van der Waals surface area contributed by atoms with Gasteiger partial charge < -0.3 is 11.5 Å². The van der Waals surface area contributed by atoms with Crippen LogP contribution in [0.1, 0.15) is 56.6 Å². The summed E-state index contributed by atoms with van der Waals surface area (Å²) in [6.07, 6.45) is 1.59. The van der Waals surface area contributed by atoms with Crippen molar-refractivity contribution >= 4 is 51.3 Å². The number of thioether (sulfide) groups is 1. The third-order valence-electron chi connectivity index (χ3n) is 4.88. The molecule has 5 N–H and O–H groups in total. The lowest BCUT2D eigenvalue weighted by molar-refractivity contribution is -0.137. The van der Waals surface area contributed by atoms with E-state index in [1.54, 1.807) is 0 Å². The van der Waals surface area contributed by atoms with Crippen molar-refractivity contribution in [3.8, 4) is 0 Å². The van der Waals surface area contributed by atoms with Crippen molar-refractivity contribution in [3.05, 3.63) is 52.7 Å². The number of nitrogens with zero attached hydrogens (tertiary/aromatic N) is 2. The molecular formula is C22H27ClF3N5S2. The molecule has 33 heavy (non-hydrogen) atoms. The minimum atomic E-state index is -4.43. The minimum Gasteiger partial charge on any atom is -0.382 e. The van der Waals surface area contributed by atoms with Gasteiger partial charge >= 0.3 is 6.18 Å². The van der Waals surface area contributed by atoms with Gasteiger partial charge in [-0.15, -0.1) is 0 Å². The average molecular weight is 518 g/mol. The number of pyridine rings is 1. The predicted octanol–water partition coefficient (Wildman–Crippen LogP) is 7.37. The standard InChI is InChI=1S/C16H23N3S2.C6H4ClF3N2/c1-11(2)15(17)20-16(18)19-21-14-9-7-13(8-10-14)12-5-3-4-6-12;7-4-1-3(6(8,9)10)2-12-5(4)11/h7-12,17H,3-6H2,1-2H3,(H2,18,19);1-2H,(H2,11,12). The number of nitrogens with two attached hydrogens (primary N) is 2. The Labute approximate surface area is 205 Å². The molecule has 0 saturated heterocycles. The Morgan fingerprint density at radius 3 is 2.33 bits per heavy atom. The Morgan fingerprint density at radius 2 is 1.82 bits per heavy atom. The number of halogens is 4. The van der Waals surface area contributed by atoms with E-state index in [0.717, 1.165) is 16.9 Å². The Kier molecular flexibility index (Phi) is 10.4. The van der Waals surface area contributed by atoms with Gasteiger partial charge in [0.25, 0.3) is 0 Å². The molecule has 0 unspecified atom stereocenters. The molecule has 3 rings (SSSR count). The number of amidine groups is 1. The largest absolute Gasteiger partial charge is 0.417 e. The first-order valence-corrected chi connectivity index (χ1v) is 12.3. The minimum absolute atomic E-state index is 0.107. The van der Waals surface area contributed by atoms with Crippen molar-refractivity contribution < 1.29 is 13.2 Å². The average Bonchev–Trinajstić information content (AvgIpc) is 3.29. The molecule has 1 aromatic carbocycles. The first-order valence-electron chi connectivity index (χ1n) is 10.3. The quantitative estimate of drug-likeness (QED) is 0.223. The molecule has 5 nitrogen and oxygen atoms in total. The first kappa shape index (κ1) is 27.3. The lowest BCUT2D eigenvalue weighted by Gasteiger charge is -2.09. The van der Waals surface area contributed by atoms with Crippen LogP contribution in [0.4, 0.5) is 19.0 Å². The summed E-state index contributed by atoms with van der Waals surface area (Å²) in [6, 6.07) is 9.41. The van der Waals surface area contributed by atoms with Gasteiger partial charge in [0.05, 0.1) is 15.6 Å². The van der Waals surface area contributed by atoms with Crippen molar-refractivity contribution in [3.63, 3.8) is 0 Å². The number of alkyl halides is 3. The molecule has 0 radical (unpaired) electrons. The molecule has 2 aromatic rings. The molecule has 0 spiro atoms. The molecule has 1 aliphatic carbocycles. The number of anilines is 1. The van der Waals surface area contributed by atoms with Gasteiger partial charge in [-0.3, -0.25) is 5.41 Å². The van der Waals surface area contributed by atoms with Crippen LogP contribution in [0.25, 0.3) is 0 Å². The van der Waals surface area contributed by atoms with Crippen LogP contribution in [0.15, 0.2) is 45.8 Å². The molecule has 1 saturated carbocycles. The molecule has 0 amide bonds. The smallest absolute Gasteiger partial charge is 0.382 e. The van der Waals surface area contributed by atoms with Gasteiger partial charge in [-0.25, -0.2) is 4.98 Å². The topological polar surface area (TPSA) is 101 Å². The predicted molar refractivity (Wildman–Crippen MR) is 134 cm³/mol. The maximum atomic E-state index is 12.0. The lowest BCUT2D eigenvalue weighted by Crippen LogP contribution is -2.12. The number of rotatable bonds is 4. The highest BCUT2D eigenvalue weighted by molar-refractivity contribution is 8.26. The summed E-state index contributed by atoms with van der Waals surface area (Å²) < 4.78 is 40.2. The van der Waals surface area contributed by atoms with E-state index in [9.17, 15) is 13.2 Å². The summed E-state index contributed by atoms with van der Waals surface area (Å²) in [4.78, 5) is 4.36. The van der Waals surface area contributed by atoms with Gasteiger partial charge in [-0.05, 0) is 54.3 Å². The van der Waals surface area contributed by atoms with Crippen molar-refractivity contribution in [2.45, 2.75) is 56.5 Å². The molecule has 180 valence electrons. The molecule has 1 aromatic heterocycles. The highest BCUT2D eigenvalue weighted by atomic mass is 35.5. The second kappa shape index (κ2) is 12.5. The van der Waals surface area contributed by atoms with Crippen LogP contribution in [-0.4, -0.2) is 15.2 Å². The SMILES string of the molecule is CC(C)C(=N)S/C(N)=N\Sc1ccc(C2CCCC2)cc1.Nc1ncc(C(F)(F)F)cc1Cl. The number of hydrogen-bond acceptors (Lipinski definition) is 6. The number of nitrogen functional groups attached to an aromatic ring is 1. The first-order chi connectivity index (χ1) is 15.5. The third-order valence-corrected chi connectivity index (χ3v) is 7.06. The molecule has 0 aliphatic heterocycles. The normalized spacial score (nSPS) is 14.8. The van der Waals surface area contributed by atoms with E-state index in [1.807, 2.05) is 13.8 Å². The highest BCUT2D eigenvalue weighted by Gasteiger charge is 2.31. The van der Waals surface area contributed by atoms with E-state index in [0.29, 0.717) is 16.4 Å². The van der Waals surface area contributed by atoms with Crippen LogP contribution in [0, 0.1) is 11.3 Å². The third kappa shape index (κ3) is 9.10. The van der Waals surface area contributed by atoms with Crippen molar-refractivity contribution in [2.75, 3.05) is 5.73 Å². The summed E-state index contributed by atoms with van der Waals surface area (Å²) in [5, 5.41) is 8.58. The van der Waals surface area contributed by atoms with E-state index < -0.39 is 11.7 Å². The van der Waals surface area contributed by atoms with Gasteiger partial charge in [0.1, 0.15) is 5.82 Å². The van der Waals surface area contributed by atoms with Gasteiger partial charge in [-0.2, -0.15) is 17.6 Å². The highest BCUT2D eigenvalue weighted by Crippen LogP contribution is 2.35. The molecule has 1 fully saturated rings. The molecule has 1 heterocycles. The lowest BCUT2D eigenvalue weighted by atomic mass is 9.98. The maximum Gasteiger partial charge on any atom is 0.417 e. The van der Waals surface area contributed by atoms with E-state index in [2.05, 4.69) is 33.6 Å². The van der Waals surface area contributed by atoms with Gasteiger partial charge in [0.15, 0.2) is 5.17 Å². The Hall–Kier alpha value is -1.91. The molecule has 1 aliphatic rings. The van der Waals surface area contributed by atoms with Gasteiger partial charge in [0.2, 0.25) is 0 Å². The molecule has 0 bridgehead atoms. The monoisotopic (exact) mass is 517 g/mol.